The summed E-state index contributed by atoms with van der Waals surface area (Å²) < 4.78 is 51.8. The van der Waals surface area contributed by atoms with Crippen molar-refractivity contribution >= 4 is 5.91 Å². The molecule has 0 aliphatic carbocycles. The summed E-state index contributed by atoms with van der Waals surface area (Å²) in [4.78, 5) is 13.8. The van der Waals surface area contributed by atoms with Crippen LogP contribution in [0.25, 0.3) is 0 Å². The van der Waals surface area contributed by atoms with Gasteiger partial charge in [-0.3, -0.25) is 4.79 Å². The highest BCUT2D eigenvalue weighted by Gasteiger charge is 2.32. The van der Waals surface area contributed by atoms with E-state index in [4.69, 9.17) is 9.47 Å². The second kappa shape index (κ2) is 6.88. The Balaban J connectivity index is 1.65. The van der Waals surface area contributed by atoms with Gasteiger partial charge >= 0.3 is 6.18 Å². The molecule has 2 heterocycles. The fourth-order valence-corrected chi connectivity index (χ4v) is 3.02. The zero-order chi connectivity index (χ0) is 17.2. The molecule has 1 unspecified atom stereocenters. The second-order valence-electron chi connectivity index (χ2n) is 5.76. The number of alkyl halides is 3. The molecule has 0 bridgehead atoms. The van der Waals surface area contributed by atoms with E-state index in [-0.39, 0.29) is 6.04 Å². The molecule has 2 aliphatic rings. The Labute approximate surface area is 137 Å². The molecule has 0 N–H and O–H groups in total. The molecule has 1 amide bonds. The maximum Gasteiger partial charge on any atom is 0.411 e. The van der Waals surface area contributed by atoms with Gasteiger partial charge in [0.1, 0.15) is 26.4 Å². The fraction of sp³-hybridized carbons (Fsp3) is 0.562. The molecular weight excluding hydrogens is 327 g/mol. The topological polar surface area (TPSA) is 48.0 Å². The van der Waals surface area contributed by atoms with Crippen molar-refractivity contribution in [3.63, 3.8) is 0 Å². The Kier molecular flexibility index (Phi) is 4.84. The van der Waals surface area contributed by atoms with E-state index in [1.54, 1.807) is 11.0 Å². The SMILES string of the molecule is O=C(COCC(F)(F)F)N1CCCC1c1ccc2c(c1)OCCO2. The zero-order valence-electron chi connectivity index (χ0n) is 13.0. The molecule has 0 saturated carbocycles. The molecular formula is C16H18F3NO4. The van der Waals surface area contributed by atoms with Gasteiger partial charge in [0.25, 0.3) is 0 Å². The van der Waals surface area contributed by atoms with Gasteiger partial charge in [0.2, 0.25) is 5.91 Å². The number of halogens is 3. The average Bonchev–Trinajstić information content (AvgIpc) is 3.03. The van der Waals surface area contributed by atoms with E-state index in [0.717, 1.165) is 18.4 Å². The number of fused-ring (bicyclic) bond motifs is 1. The zero-order valence-corrected chi connectivity index (χ0v) is 13.0. The lowest BCUT2D eigenvalue weighted by atomic mass is 10.0. The standard InChI is InChI=1S/C16H18F3NO4/c17-16(18,19)10-22-9-15(21)20-5-1-2-12(20)11-3-4-13-14(8-11)24-7-6-23-13/h3-4,8,12H,1-2,5-7,9-10H2. The van der Waals surface area contributed by atoms with Gasteiger partial charge in [-0.25, -0.2) is 0 Å². The van der Waals surface area contributed by atoms with E-state index in [2.05, 4.69) is 4.74 Å². The van der Waals surface area contributed by atoms with Crippen molar-refractivity contribution in [2.45, 2.75) is 25.1 Å². The highest BCUT2D eigenvalue weighted by atomic mass is 19.4. The van der Waals surface area contributed by atoms with Crippen molar-refractivity contribution in [3.05, 3.63) is 23.8 Å². The van der Waals surface area contributed by atoms with Crippen LogP contribution < -0.4 is 9.47 Å². The molecule has 0 radical (unpaired) electrons. The molecule has 1 saturated heterocycles. The van der Waals surface area contributed by atoms with Gasteiger partial charge < -0.3 is 19.1 Å². The van der Waals surface area contributed by atoms with E-state index in [1.165, 1.54) is 0 Å². The van der Waals surface area contributed by atoms with Crippen LogP contribution in [0.15, 0.2) is 18.2 Å². The van der Waals surface area contributed by atoms with Crippen LogP contribution in [0.1, 0.15) is 24.4 Å². The summed E-state index contributed by atoms with van der Waals surface area (Å²) in [6.45, 7) is -0.513. The largest absolute Gasteiger partial charge is 0.486 e. The van der Waals surface area contributed by atoms with Crippen LogP contribution in [0.5, 0.6) is 11.5 Å². The highest BCUT2D eigenvalue weighted by Crippen LogP contribution is 2.38. The molecule has 0 spiro atoms. The lowest BCUT2D eigenvalue weighted by molar-refractivity contribution is -0.178. The Morgan fingerprint density at radius 1 is 1.25 bits per heavy atom. The second-order valence-corrected chi connectivity index (χ2v) is 5.76. The number of nitrogens with zero attached hydrogens (tertiary/aromatic N) is 1. The fourth-order valence-electron chi connectivity index (χ4n) is 3.02. The van der Waals surface area contributed by atoms with E-state index in [0.29, 0.717) is 31.3 Å². The Bertz CT molecular complexity index is 605. The van der Waals surface area contributed by atoms with Crippen LogP contribution in [0.4, 0.5) is 13.2 Å². The van der Waals surface area contributed by atoms with Crippen molar-refractivity contribution in [2.24, 2.45) is 0 Å². The van der Waals surface area contributed by atoms with E-state index >= 15 is 0 Å². The normalized spacial score (nSPS) is 20.3. The third-order valence-corrected chi connectivity index (χ3v) is 4.02. The van der Waals surface area contributed by atoms with Gasteiger partial charge in [-0.05, 0) is 30.5 Å². The van der Waals surface area contributed by atoms with Gasteiger partial charge in [0, 0.05) is 6.54 Å². The predicted octanol–water partition coefficient (Wildman–Crippen LogP) is 2.70. The number of hydrogen-bond acceptors (Lipinski definition) is 4. The minimum atomic E-state index is -4.43. The van der Waals surface area contributed by atoms with Gasteiger partial charge in [-0.2, -0.15) is 13.2 Å². The summed E-state index contributed by atoms with van der Waals surface area (Å²) in [6.07, 6.45) is -2.88. The molecule has 8 heteroatoms. The monoisotopic (exact) mass is 345 g/mol. The molecule has 24 heavy (non-hydrogen) atoms. The molecule has 2 aliphatic heterocycles. The van der Waals surface area contributed by atoms with Crippen molar-refractivity contribution in [1.29, 1.82) is 0 Å². The molecule has 1 aromatic rings. The summed E-state index contributed by atoms with van der Waals surface area (Å²) >= 11 is 0. The number of hydrogen-bond donors (Lipinski definition) is 0. The Morgan fingerprint density at radius 3 is 2.75 bits per heavy atom. The maximum absolute atomic E-state index is 12.2. The van der Waals surface area contributed by atoms with Crippen molar-refractivity contribution in [1.82, 2.24) is 4.90 Å². The van der Waals surface area contributed by atoms with Crippen LogP contribution in [-0.2, 0) is 9.53 Å². The molecule has 1 fully saturated rings. The number of amides is 1. The molecule has 3 rings (SSSR count). The Hall–Kier alpha value is -1.96. The third-order valence-electron chi connectivity index (χ3n) is 4.02. The minimum Gasteiger partial charge on any atom is -0.486 e. The molecule has 1 atom stereocenters. The van der Waals surface area contributed by atoms with Crippen molar-refractivity contribution < 1.29 is 32.2 Å². The average molecular weight is 345 g/mol. The predicted molar refractivity (Wildman–Crippen MR) is 78.0 cm³/mol. The molecule has 1 aromatic carbocycles. The number of carbonyl (C=O) groups is 1. The smallest absolute Gasteiger partial charge is 0.411 e. The van der Waals surface area contributed by atoms with Crippen LogP contribution in [0.2, 0.25) is 0 Å². The number of carbonyl (C=O) groups excluding carboxylic acids is 1. The number of benzene rings is 1. The first-order valence-electron chi connectivity index (χ1n) is 7.77. The van der Waals surface area contributed by atoms with E-state index in [1.807, 2.05) is 12.1 Å². The van der Waals surface area contributed by atoms with Crippen LogP contribution in [0, 0.1) is 0 Å². The van der Waals surface area contributed by atoms with E-state index in [9.17, 15) is 18.0 Å². The first-order chi connectivity index (χ1) is 11.4. The lowest BCUT2D eigenvalue weighted by Crippen LogP contribution is -2.34. The number of rotatable bonds is 4. The number of likely N-dealkylation sites (tertiary alicyclic amines) is 1. The Morgan fingerprint density at radius 2 is 2.00 bits per heavy atom. The van der Waals surface area contributed by atoms with Crippen molar-refractivity contribution in [2.75, 3.05) is 33.0 Å². The van der Waals surface area contributed by atoms with Crippen LogP contribution >= 0.6 is 0 Å². The van der Waals surface area contributed by atoms with Gasteiger partial charge in [-0.1, -0.05) is 6.07 Å². The summed E-state index contributed by atoms with van der Waals surface area (Å²) in [5.41, 5.74) is 0.890. The van der Waals surface area contributed by atoms with Crippen LogP contribution in [0.3, 0.4) is 0 Å². The maximum atomic E-state index is 12.2. The minimum absolute atomic E-state index is 0.178. The summed E-state index contributed by atoms with van der Waals surface area (Å²) in [5.74, 6) is 0.859. The van der Waals surface area contributed by atoms with Gasteiger partial charge in [0.05, 0.1) is 6.04 Å². The molecule has 5 nitrogen and oxygen atoms in total. The summed E-state index contributed by atoms with van der Waals surface area (Å²) in [7, 11) is 0. The third kappa shape index (κ3) is 3.92. The molecule has 0 aromatic heterocycles. The first kappa shape index (κ1) is 16.9. The quantitative estimate of drug-likeness (QED) is 0.842. The summed E-state index contributed by atoms with van der Waals surface area (Å²) in [5, 5.41) is 0. The number of ether oxygens (including phenoxy) is 3. The highest BCUT2D eigenvalue weighted by molar-refractivity contribution is 5.78. The first-order valence-corrected chi connectivity index (χ1v) is 7.77. The summed E-state index contributed by atoms with van der Waals surface area (Å²) in [6, 6.07) is 5.31. The van der Waals surface area contributed by atoms with E-state index < -0.39 is 25.3 Å². The lowest BCUT2D eigenvalue weighted by Gasteiger charge is -2.26. The van der Waals surface area contributed by atoms with Crippen molar-refractivity contribution in [3.8, 4) is 11.5 Å². The van der Waals surface area contributed by atoms with Gasteiger partial charge in [-0.15, -0.1) is 0 Å². The van der Waals surface area contributed by atoms with Gasteiger partial charge in [0.15, 0.2) is 11.5 Å². The van der Waals surface area contributed by atoms with Crippen LogP contribution in [-0.4, -0.2) is 50.0 Å². The molecule has 132 valence electrons.